The summed E-state index contributed by atoms with van der Waals surface area (Å²) >= 11 is 0. The van der Waals surface area contributed by atoms with Crippen LogP contribution < -0.4 is 0 Å². The molecule has 0 saturated carbocycles. The summed E-state index contributed by atoms with van der Waals surface area (Å²) in [5, 5.41) is 3.44. The van der Waals surface area contributed by atoms with Crippen LogP contribution in [0.5, 0.6) is 0 Å². The van der Waals surface area contributed by atoms with E-state index in [1.807, 2.05) is 48.5 Å². The Morgan fingerprint density at radius 1 is 0.806 bits per heavy atom. The fourth-order valence-corrected chi connectivity index (χ4v) is 6.62. The molecule has 2 nitrogen and oxygen atoms in total. The molecule has 0 aromatic heterocycles. The first-order valence-corrected chi connectivity index (χ1v) is 11.7. The van der Waals surface area contributed by atoms with Gasteiger partial charge in [-0.3, -0.25) is 0 Å². The van der Waals surface area contributed by atoms with E-state index in [1.54, 1.807) is 0 Å². The monoisotopic (exact) mass is 440 g/mol. The van der Waals surface area contributed by atoms with E-state index in [9.17, 15) is 21.6 Å². The van der Waals surface area contributed by atoms with E-state index in [4.69, 9.17) is 0 Å². The van der Waals surface area contributed by atoms with E-state index >= 15 is 0 Å². The molecule has 1 aliphatic rings. The van der Waals surface area contributed by atoms with Gasteiger partial charge in [0.25, 0.3) is 0 Å². The highest BCUT2D eigenvalue weighted by molar-refractivity contribution is 7.91. The zero-order chi connectivity index (χ0) is 21.8. The number of fused-ring (bicyclic) bond motifs is 5. The van der Waals surface area contributed by atoms with Crippen LogP contribution in [-0.4, -0.2) is 8.42 Å². The van der Waals surface area contributed by atoms with Crippen LogP contribution in [0, 0.1) is 0 Å². The highest BCUT2D eigenvalue weighted by Gasteiger charge is 2.36. The average molecular weight is 440 g/mol. The van der Waals surface area contributed by atoms with E-state index < -0.39 is 26.8 Å². The Labute approximate surface area is 178 Å². The number of hydrogen-bond donors (Lipinski definition) is 0. The normalized spacial score (nSPS) is 17.1. The number of aryl methyl sites for hydroxylation is 1. The quantitative estimate of drug-likeness (QED) is 0.319. The highest BCUT2D eigenvalue weighted by atomic mass is 32.2. The van der Waals surface area contributed by atoms with Crippen molar-refractivity contribution in [3.8, 4) is 0 Å². The predicted molar refractivity (Wildman–Crippen MR) is 116 cm³/mol. The fraction of sp³-hybridized carbons (Fsp3) is 0.200. The van der Waals surface area contributed by atoms with Gasteiger partial charge in [0, 0.05) is 0 Å². The van der Waals surface area contributed by atoms with Gasteiger partial charge in [0.05, 0.1) is 15.7 Å². The first-order valence-electron chi connectivity index (χ1n) is 10.1. The van der Waals surface area contributed by atoms with Crippen molar-refractivity contribution in [2.75, 3.05) is 0 Å². The lowest BCUT2D eigenvalue weighted by Crippen LogP contribution is -2.20. The molecular weight excluding hydrogens is 421 g/mol. The zero-order valence-electron chi connectivity index (χ0n) is 16.5. The van der Waals surface area contributed by atoms with Crippen molar-refractivity contribution in [1.82, 2.24) is 0 Å². The Balaban J connectivity index is 1.67. The van der Waals surface area contributed by atoms with Crippen molar-refractivity contribution < 1.29 is 21.6 Å². The van der Waals surface area contributed by atoms with Gasteiger partial charge < -0.3 is 0 Å². The maximum atomic E-state index is 13.4. The van der Waals surface area contributed by atoms with E-state index in [-0.39, 0.29) is 4.90 Å². The molecular formula is C25H19F3O2S. The van der Waals surface area contributed by atoms with E-state index in [0.29, 0.717) is 18.4 Å². The summed E-state index contributed by atoms with van der Waals surface area (Å²) in [6.45, 7) is 0. The second-order valence-corrected chi connectivity index (χ2v) is 10.1. The van der Waals surface area contributed by atoms with Crippen LogP contribution in [0.2, 0.25) is 0 Å². The van der Waals surface area contributed by atoms with E-state index in [1.165, 1.54) is 6.07 Å². The maximum absolute atomic E-state index is 13.4. The molecule has 0 heterocycles. The molecule has 0 bridgehead atoms. The second-order valence-electron chi connectivity index (χ2n) is 7.97. The Morgan fingerprint density at radius 3 is 2.39 bits per heavy atom. The summed E-state index contributed by atoms with van der Waals surface area (Å²) in [6, 6.07) is 19.9. The van der Waals surface area contributed by atoms with Gasteiger partial charge in [-0.05, 0) is 70.1 Å². The van der Waals surface area contributed by atoms with Gasteiger partial charge in [-0.1, -0.05) is 54.6 Å². The van der Waals surface area contributed by atoms with Gasteiger partial charge in [0.2, 0.25) is 0 Å². The van der Waals surface area contributed by atoms with Gasteiger partial charge in [0.15, 0.2) is 9.84 Å². The minimum atomic E-state index is -4.59. The lowest BCUT2D eigenvalue weighted by atomic mass is 9.86. The molecule has 4 aromatic carbocycles. The van der Waals surface area contributed by atoms with E-state index in [2.05, 4.69) is 0 Å². The van der Waals surface area contributed by atoms with Crippen molar-refractivity contribution in [1.29, 1.82) is 0 Å². The van der Waals surface area contributed by atoms with Crippen LogP contribution in [0.25, 0.3) is 21.5 Å². The molecule has 0 fully saturated rings. The first kappa shape index (κ1) is 20.1. The minimum absolute atomic E-state index is 0.279. The standard InChI is InChI=1S/C25H19F3O2S/c26-25(27,28)17-6-3-7-18(15-17)31(29,30)24-10-4-9-20-22-12-11-16-5-1-2-8-19(16)21(22)13-14-23(20)24/h1-3,5-8,11-15,24H,4,9-10H2/t24-/m1/s1. The fourth-order valence-electron chi connectivity index (χ4n) is 4.70. The molecule has 31 heavy (non-hydrogen) atoms. The molecule has 0 aliphatic heterocycles. The third-order valence-corrected chi connectivity index (χ3v) is 8.33. The number of rotatable bonds is 2. The summed E-state index contributed by atoms with van der Waals surface area (Å²) in [7, 11) is -3.97. The van der Waals surface area contributed by atoms with Gasteiger partial charge in [0.1, 0.15) is 0 Å². The lowest BCUT2D eigenvalue weighted by Gasteiger charge is -2.27. The minimum Gasteiger partial charge on any atom is -0.223 e. The average Bonchev–Trinajstić information content (AvgIpc) is 2.77. The smallest absolute Gasteiger partial charge is 0.223 e. The predicted octanol–water partition coefficient (Wildman–Crippen LogP) is 6.86. The Morgan fingerprint density at radius 2 is 1.58 bits per heavy atom. The number of alkyl halides is 3. The molecule has 5 rings (SSSR count). The molecule has 0 N–H and O–H groups in total. The summed E-state index contributed by atoms with van der Waals surface area (Å²) < 4.78 is 66.3. The molecule has 0 unspecified atom stereocenters. The summed E-state index contributed by atoms with van der Waals surface area (Å²) in [4.78, 5) is -0.279. The van der Waals surface area contributed by atoms with Crippen LogP contribution in [0.1, 0.15) is 34.8 Å². The SMILES string of the molecule is O=S(=O)(c1cccc(C(F)(F)F)c1)[C@@H]1CCCc2c1ccc1c2ccc2ccccc21. The van der Waals surface area contributed by atoms with E-state index in [0.717, 1.165) is 51.7 Å². The topological polar surface area (TPSA) is 34.1 Å². The molecule has 1 aliphatic carbocycles. The first-order chi connectivity index (χ1) is 14.8. The molecule has 1 atom stereocenters. The molecule has 6 heteroatoms. The van der Waals surface area contributed by atoms with Crippen LogP contribution >= 0.6 is 0 Å². The molecule has 4 aromatic rings. The third kappa shape index (κ3) is 3.30. The molecule has 0 amide bonds. The molecule has 0 radical (unpaired) electrons. The maximum Gasteiger partial charge on any atom is 0.416 e. The summed E-state index contributed by atoms with van der Waals surface area (Å²) in [5.41, 5.74) is 0.732. The van der Waals surface area contributed by atoms with Crippen LogP contribution in [0.15, 0.2) is 77.7 Å². The molecule has 158 valence electrons. The van der Waals surface area contributed by atoms with Crippen LogP contribution in [0.3, 0.4) is 0 Å². The number of benzene rings is 4. The van der Waals surface area contributed by atoms with Crippen molar-refractivity contribution in [2.45, 2.75) is 35.6 Å². The van der Waals surface area contributed by atoms with Gasteiger partial charge in [-0.25, -0.2) is 8.42 Å². The van der Waals surface area contributed by atoms with Crippen molar-refractivity contribution in [3.05, 3.63) is 89.5 Å². The Kier molecular flexibility index (Phi) is 4.59. The Bertz CT molecular complexity index is 1420. The van der Waals surface area contributed by atoms with Crippen LogP contribution in [0.4, 0.5) is 13.2 Å². The van der Waals surface area contributed by atoms with Crippen LogP contribution in [-0.2, 0) is 22.4 Å². The largest absolute Gasteiger partial charge is 0.416 e. The number of sulfone groups is 1. The molecule has 0 saturated heterocycles. The third-order valence-electron chi connectivity index (χ3n) is 6.18. The van der Waals surface area contributed by atoms with Gasteiger partial charge in [-0.15, -0.1) is 0 Å². The number of hydrogen-bond acceptors (Lipinski definition) is 2. The second kappa shape index (κ2) is 7.09. The van der Waals surface area contributed by atoms with Gasteiger partial charge in [-0.2, -0.15) is 13.2 Å². The van der Waals surface area contributed by atoms with Crippen molar-refractivity contribution >= 4 is 31.4 Å². The highest BCUT2D eigenvalue weighted by Crippen LogP contribution is 2.43. The molecule has 0 spiro atoms. The van der Waals surface area contributed by atoms with Gasteiger partial charge >= 0.3 is 6.18 Å². The van der Waals surface area contributed by atoms with Crippen molar-refractivity contribution in [2.24, 2.45) is 0 Å². The zero-order valence-corrected chi connectivity index (χ0v) is 17.3. The lowest BCUT2D eigenvalue weighted by molar-refractivity contribution is -0.137. The number of halogens is 3. The Hall–Kier alpha value is -2.86. The summed E-state index contributed by atoms with van der Waals surface area (Å²) in [5.74, 6) is 0. The summed E-state index contributed by atoms with van der Waals surface area (Å²) in [6.07, 6.45) is -2.78. The van der Waals surface area contributed by atoms with Crippen molar-refractivity contribution in [3.63, 3.8) is 0 Å².